The van der Waals surface area contributed by atoms with Gasteiger partial charge in [0.15, 0.2) is 0 Å². The van der Waals surface area contributed by atoms with Crippen LogP contribution in [-0.2, 0) is 0 Å². The van der Waals surface area contributed by atoms with Crippen LogP contribution in [0.5, 0.6) is 0 Å². The molecule has 0 radical (unpaired) electrons. The molecule has 0 aliphatic carbocycles. The number of hydrogen-bond acceptors (Lipinski definition) is 4. The third-order valence-electron chi connectivity index (χ3n) is 1.29. The summed E-state index contributed by atoms with van der Waals surface area (Å²) in [6, 6.07) is 0. The van der Waals surface area contributed by atoms with E-state index >= 15 is 0 Å². The van der Waals surface area contributed by atoms with Gasteiger partial charge in [0.2, 0.25) is 0 Å². The van der Waals surface area contributed by atoms with E-state index in [0.29, 0.717) is 0 Å². The first-order valence-corrected chi connectivity index (χ1v) is 3.67. The van der Waals surface area contributed by atoms with Crippen LogP contribution in [0.15, 0.2) is 0 Å². The van der Waals surface area contributed by atoms with Crippen LogP contribution in [0.3, 0.4) is 0 Å². The lowest BCUT2D eigenvalue weighted by Crippen LogP contribution is -2.41. The Bertz CT molecular complexity index is 133. The average molecular weight is 148 g/mol. The zero-order valence-electron chi connectivity index (χ0n) is 5.09. The predicted molar refractivity (Wildman–Crippen MR) is 35.9 cm³/mol. The molecule has 1 heterocycles. The minimum atomic E-state index is -0.917. The van der Waals surface area contributed by atoms with Crippen LogP contribution < -0.4 is 5.32 Å². The zero-order valence-corrected chi connectivity index (χ0v) is 5.90. The van der Waals surface area contributed by atoms with Gasteiger partial charge in [0.05, 0.1) is 4.92 Å². The predicted octanol–water partition coefficient (Wildman–Crippen LogP) is 0.273. The fraction of sp³-hybridized carbons (Fsp3) is 1.00. The van der Waals surface area contributed by atoms with Gasteiger partial charge in [0.25, 0.3) is 0 Å². The third-order valence-corrected chi connectivity index (χ3v) is 2.55. The molecular formula is C4H8N2O2S. The molecule has 0 bridgehead atoms. The molecule has 1 unspecified atom stereocenters. The fourth-order valence-electron chi connectivity index (χ4n) is 0.701. The maximum Gasteiger partial charge on any atom is 0.319 e. The number of nitro groups is 1. The van der Waals surface area contributed by atoms with Crippen LogP contribution in [0.2, 0.25) is 0 Å². The van der Waals surface area contributed by atoms with Gasteiger partial charge < -0.3 is 0 Å². The lowest BCUT2D eigenvalue weighted by molar-refractivity contribution is -0.539. The molecule has 0 amide bonds. The summed E-state index contributed by atoms with van der Waals surface area (Å²) in [4.78, 5) is 9.04. The van der Waals surface area contributed by atoms with Crippen LogP contribution in [0.25, 0.3) is 0 Å². The highest BCUT2D eigenvalue weighted by atomic mass is 32.2. The highest BCUT2D eigenvalue weighted by molar-refractivity contribution is 8.00. The Kier molecular flexibility index (Phi) is 1.63. The van der Waals surface area contributed by atoms with E-state index in [9.17, 15) is 10.1 Å². The first kappa shape index (κ1) is 6.82. The summed E-state index contributed by atoms with van der Waals surface area (Å²) in [7, 11) is 0. The van der Waals surface area contributed by atoms with Gasteiger partial charge in [-0.05, 0) is 0 Å². The summed E-state index contributed by atoms with van der Waals surface area (Å²) >= 11 is 1.34. The van der Waals surface area contributed by atoms with E-state index in [1.54, 1.807) is 6.92 Å². The zero-order chi connectivity index (χ0) is 6.91. The molecule has 0 aromatic rings. The summed E-state index contributed by atoms with van der Waals surface area (Å²) in [5, 5.41) is 13.0. The highest BCUT2D eigenvalue weighted by Crippen LogP contribution is 2.26. The molecule has 5 heteroatoms. The van der Waals surface area contributed by atoms with Crippen LogP contribution in [0.1, 0.15) is 6.92 Å². The molecule has 1 atom stereocenters. The molecule has 1 aliphatic rings. The van der Waals surface area contributed by atoms with Crippen LogP contribution in [0, 0.1) is 10.1 Å². The van der Waals surface area contributed by atoms with Crippen molar-refractivity contribution in [1.29, 1.82) is 0 Å². The van der Waals surface area contributed by atoms with Gasteiger partial charge in [-0.3, -0.25) is 10.1 Å². The Balaban J connectivity index is 2.61. The fourth-order valence-corrected chi connectivity index (χ4v) is 1.61. The second-order valence-electron chi connectivity index (χ2n) is 2.02. The lowest BCUT2D eigenvalue weighted by atomic mass is 10.5. The van der Waals surface area contributed by atoms with E-state index < -0.39 is 4.99 Å². The van der Waals surface area contributed by atoms with Gasteiger partial charge in [-0.25, -0.2) is 5.32 Å². The van der Waals surface area contributed by atoms with Crippen LogP contribution >= 0.6 is 11.8 Å². The number of rotatable bonds is 1. The molecule has 0 saturated carbocycles. The van der Waals surface area contributed by atoms with Crippen molar-refractivity contribution in [3.8, 4) is 0 Å². The summed E-state index contributed by atoms with van der Waals surface area (Å²) in [5.41, 5.74) is 0. The summed E-state index contributed by atoms with van der Waals surface area (Å²) in [6.45, 7) is 2.33. The number of nitrogens with one attached hydrogen (secondary N) is 1. The number of nitrogens with zero attached hydrogens (tertiary/aromatic N) is 1. The minimum Gasteiger partial charge on any atom is -0.262 e. The molecule has 1 fully saturated rings. The largest absolute Gasteiger partial charge is 0.319 e. The van der Waals surface area contributed by atoms with Crippen LogP contribution in [0.4, 0.5) is 0 Å². The Morgan fingerprint density at radius 2 is 2.56 bits per heavy atom. The van der Waals surface area contributed by atoms with Crippen molar-refractivity contribution in [2.24, 2.45) is 0 Å². The lowest BCUT2D eigenvalue weighted by Gasteiger charge is -2.11. The van der Waals surface area contributed by atoms with E-state index in [2.05, 4.69) is 5.32 Å². The minimum absolute atomic E-state index is 0.287. The molecule has 0 aromatic carbocycles. The molecule has 0 aromatic heterocycles. The van der Waals surface area contributed by atoms with Gasteiger partial charge >= 0.3 is 4.99 Å². The SMILES string of the molecule is CC1([N+](=O)[O-])NCCS1. The Morgan fingerprint density at radius 1 is 1.89 bits per heavy atom. The molecule has 1 rings (SSSR count). The molecule has 4 nitrogen and oxygen atoms in total. The van der Waals surface area contributed by atoms with E-state index in [1.807, 2.05) is 0 Å². The molecule has 1 saturated heterocycles. The normalized spacial score (nSPS) is 34.8. The monoisotopic (exact) mass is 148 g/mol. The first-order chi connectivity index (χ1) is 4.15. The smallest absolute Gasteiger partial charge is 0.262 e. The Hall–Kier alpha value is -0.290. The van der Waals surface area contributed by atoms with Gasteiger partial charge in [0.1, 0.15) is 0 Å². The highest BCUT2D eigenvalue weighted by Gasteiger charge is 2.40. The molecule has 1 N–H and O–H groups in total. The van der Waals surface area contributed by atoms with Crippen molar-refractivity contribution in [3.63, 3.8) is 0 Å². The second kappa shape index (κ2) is 2.15. The van der Waals surface area contributed by atoms with E-state index in [1.165, 1.54) is 11.8 Å². The van der Waals surface area contributed by atoms with Gasteiger partial charge in [-0.2, -0.15) is 0 Å². The van der Waals surface area contributed by atoms with E-state index in [-0.39, 0.29) is 4.92 Å². The van der Waals surface area contributed by atoms with Crippen molar-refractivity contribution >= 4 is 11.8 Å². The van der Waals surface area contributed by atoms with Crippen LogP contribution in [-0.4, -0.2) is 22.2 Å². The molecule has 0 spiro atoms. The van der Waals surface area contributed by atoms with Crippen molar-refractivity contribution in [3.05, 3.63) is 10.1 Å². The first-order valence-electron chi connectivity index (χ1n) is 2.69. The summed E-state index contributed by atoms with van der Waals surface area (Å²) in [6.07, 6.45) is 0. The maximum absolute atomic E-state index is 10.2. The van der Waals surface area contributed by atoms with Gasteiger partial charge in [-0.1, -0.05) is 11.8 Å². The third kappa shape index (κ3) is 1.16. The summed E-state index contributed by atoms with van der Waals surface area (Å²) in [5.74, 6) is 0.831. The standard InChI is InChI=1S/C4H8N2O2S/c1-4(6(7)8)5-2-3-9-4/h5H,2-3H2,1H3. The van der Waals surface area contributed by atoms with Crippen molar-refractivity contribution < 1.29 is 4.92 Å². The van der Waals surface area contributed by atoms with E-state index in [0.717, 1.165) is 12.3 Å². The molecular weight excluding hydrogens is 140 g/mol. The average Bonchev–Trinajstić information content (AvgIpc) is 2.16. The van der Waals surface area contributed by atoms with Crippen molar-refractivity contribution in [2.45, 2.75) is 11.9 Å². The molecule has 1 aliphatic heterocycles. The second-order valence-corrected chi connectivity index (χ2v) is 3.51. The number of hydrogen-bond donors (Lipinski definition) is 1. The van der Waals surface area contributed by atoms with Crippen molar-refractivity contribution in [1.82, 2.24) is 5.32 Å². The quantitative estimate of drug-likeness (QED) is 0.428. The Labute approximate surface area is 57.2 Å². The maximum atomic E-state index is 10.2. The van der Waals surface area contributed by atoms with Crippen molar-refractivity contribution in [2.75, 3.05) is 12.3 Å². The van der Waals surface area contributed by atoms with Gasteiger partial charge in [0, 0.05) is 19.2 Å². The van der Waals surface area contributed by atoms with E-state index in [4.69, 9.17) is 0 Å². The molecule has 52 valence electrons. The summed E-state index contributed by atoms with van der Waals surface area (Å²) < 4.78 is 0. The molecule has 9 heavy (non-hydrogen) atoms. The van der Waals surface area contributed by atoms with Gasteiger partial charge in [-0.15, -0.1) is 0 Å². The number of thioether (sulfide) groups is 1. The topological polar surface area (TPSA) is 55.2 Å². The Morgan fingerprint density at radius 3 is 2.78 bits per heavy atom.